The molecule has 0 aliphatic carbocycles. The highest BCUT2D eigenvalue weighted by atomic mass is 35.5. The summed E-state index contributed by atoms with van der Waals surface area (Å²) < 4.78 is 4.56. The van der Waals surface area contributed by atoms with Gasteiger partial charge in [0.25, 0.3) is 0 Å². The summed E-state index contributed by atoms with van der Waals surface area (Å²) in [5.41, 5.74) is 6.16. The van der Waals surface area contributed by atoms with Gasteiger partial charge in [0, 0.05) is 12.5 Å². The first-order valence-electron chi connectivity index (χ1n) is 2.53. The number of nitrogens with two attached hydrogens (primary N) is 1. The summed E-state index contributed by atoms with van der Waals surface area (Å²) in [5.74, 6) is 0. The lowest BCUT2D eigenvalue weighted by Crippen LogP contribution is -2.02. The van der Waals surface area contributed by atoms with Crippen molar-refractivity contribution in [1.29, 1.82) is 0 Å². The Morgan fingerprint density at radius 3 is 2.89 bits per heavy atom. The first-order valence-corrected chi connectivity index (χ1v) is 2.53. The molecule has 0 spiro atoms. The van der Waals surface area contributed by atoms with Crippen molar-refractivity contribution in [2.24, 2.45) is 5.73 Å². The minimum Gasteiger partial charge on any atom is -0.365 e. The zero-order valence-corrected chi connectivity index (χ0v) is 5.73. The molecule has 0 fully saturated rings. The molecule has 1 aromatic heterocycles. The molecule has 52 valence electrons. The van der Waals surface area contributed by atoms with Gasteiger partial charge in [-0.1, -0.05) is 5.16 Å². The standard InChI is InChI=1S/C5H8N2O.ClH/c6-3-1-5-2-4-8-7-5;/h2,4H,1,3,6H2;1H. The molecule has 3 nitrogen and oxygen atoms in total. The molecule has 2 N–H and O–H groups in total. The van der Waals surface area contributed by atoms with Crippen molar-refractivity contribution in [3.05, 3.63) is 18.0 Å². The molecule has 0 atom stereocenters. The van der Waals surface area contributed by atoms with Crippen LogP contribution in [0.3, 0.4) is 0 Å². The van der Waals surface area contributed by atoms with Gasteiger partial charge in [0.05, 0.1) is 5.69 Å². The average molecular weight is 149 g/mol. The maximum Gasteiger partial charge on any atom is 0.124 e. The highest BCUT2D eigenvalue weighted by Gasteiger charge is 1.90. The smallest absolute Gasteiger partial charge is 0.124 e. The Morgan fingerprint density at radius 2 is 2.44 bits per heavy atom. The Hall–Kier alpha value is -0.540. The van der Waals surface area contributed by atoms with E-state index in [1.807, 2.05) is 6.07 Å². The lowest BCUT2D eigenvalue weighted by atomic mass is 10.3. The maximum absolute atomic E-state index is 5.24. The molecule has 1 rings (SSSR count). The molecular formula is C5H9ClN2O. The van der Waals surface area contributed by atoms with Crippen molar-refractivity contribution in [2.75, 3.05) is 6.54 Å². The van der Waals surface area contributed by atoms with Gasteiger partial charge in [-0.25, -0.2) is 0 Å². The third kappa shape index (κ3) is 2.49. The largest absolute Gasteiger partial charge is 0.365 e. The second kappa shape index (κ2) is 4.35. The molecule has 1 heterocycles. The summed E-state index contributed by atoms with van der Waals surface area (Å²) in [4.78, 5) is 0. The van der Waals surface area contributed by atoms with Crippen LogP contribution in [-0.4, -0.2) is 11.7 Å². The molecule has 0 aromatic carbocycles. The summed E-state index contributed by atoms with van der Waals surface area (Å²) in [7, 11) is 0. The molecule has 0 amide bonds. The molecule has 1 aromatic rings. The number of hydrogen-bond donors (Lipinski definition) is 1. The Kier molecular flexibility index (Phi) is 4.09. The highest BCUT2D eigenvalue weighted by molar-refractivity contribution is 5.85. The summed E-state index contributed by atoms with van der Waals surface area (Å²) >= 11 is 0. The van der Waals surface area contributed by atoms with Gasteiger partial charge in [0.2, 0.25) is 0 Å². The van der Waals surface area contributed by atoms with E-state index in [-0.39, 0.29) is 12.4 Å². The topological polar surface area (TPSA) is 52.0 Å². The molecular weight excluding hydrogens is 140 g/mol. The Bertz CT molecular complexity index is 141. The molecule has 0 saturated heterocycles. The van der Waals surface area contributed by atoms with Crippen LogP contribution in [0.4, 0.5) is 0 Å². The third-order valence-electron chi connectivity index (χ3n) is 0.892. The van der Waals surface area contributed by atoms with Crippen LogP contribution < -0.4 is 5.73 Å². The molecule has 0 saturated carbocycles. The van der Waals surface area contributed by atoms with E-state index >= 15 is 0 Å². The van der Waals surface area contributed by atoms with Crippen LogP contribution in [-0.2, 0) is 6.42 Å². The maximum atomic E-state index is 5.24. The summed E-state index contributed by atoms with van der Waals surface area (Å²) in [6.45, 7) is 0.631. The van der Waals surface area contributed by atoms with Crippen LogP contribution in [0.2, 0.25) is 0 Å². The minimum absolute atomic E-state index is 0. The Morgan fingerprint density at radius 1 is 1.67 bits per heavy atom. The molecule has 0 aliphatic rings. The van der Waals surface area contributed by atoms with E-state index in [1.54, 1.807) is 6.26 Å². The number of aromatic nitrogens is 1. The molecule has 0 aliphatic heterocycles. The number of nitrogens with zero attached hydrogens (tertiary/aromatic N) is 1. The highest BCUT2D eigenvalue weighted by Crippen LogP contribution is 1.92. The predicted octanol–water partition coefficient (Wildman–Crippen LogP) is 0.598. The van der Waals surface area contributed by atoms with Crippen LogP contribution in [0.15, 0.2) is 16.9 Å². The van der Waals surface area contributed by atoms with Gasteiger partial charge in [-0.15, -0.1) is 12.4 Å². The fraction of sp³-hybridized carbons (Fsp3) is 0.400. The second-order valence-electron chi connectivity index (χ2n) is 1.53. The van der Waals surface area contributed by atoms with Crippen LogP contribution in [0, 0.1) is 0 Å². The zero-order valence-electron chi connectivity index (χ0n) is 4.91. The van der Waals surface area contributed by atoms with E-state index in [4.69, 9.17) is 5.73 Å². The van der Waals surface area contributed by atoms with E-state index in [0.717, 1.165) is 12.1 Å². The monoisotopic (exact) mass is 148 g/mol. The predicted molar refractivity (Wildman–Crippen MR) is 36.5 cm³/mol. The van der Waals surface area contributed by atoms with Gasteiger partial charge in [0.15, 0.2) is 0 Å². The van der Waals surface area contributed by atoms with Gasteiger partial charge in [-0.3, -0.25) is 0 Å². The van der Waals surface area contributed by atoms with Crippen LogP contribution in [0.5, 0.6) is 0 Å². The minimum atomic E-state index is 0. The first kappa shape index (κ1) is 8.46. The second-order valence-corrected chi connectivity index (χ2v) is 1.53. The molecule has 0 unspecified atom stereocenters. The normalized spacial score (nSPS) is 8.56. The lowest BCUT2D eigenvalue weighted by molar-refractivity contribution is 0.412. The van der Waals surface area contributed by atoms with Gasteiger partial charge >= 0.3 is 0 Å². The Balaban J connectivity index is 0.000000640. The Labute approximate surface area is 59.6 Å². The number of rotatable bonds is 2. The number of halogens is 1. The average Bonchev–Trinajstić information content (AvgIpc) is 2.19. The van der Waals surface area contributed by atoms with Gasteiger partial charge in [0.1, 0.15) is 6.26 Å². The fourth-order valence-electron chi connectivity index (χ4n) is 0.514. The van der Waals surface area contributed by atoms with Crippen molar-refractivity contribution in [2.45, 2.75) is 6.42 Å². The van der Waals surface area contributed by atoms with Crippen molar-refractivity contribution in [1.82, 2.24) is 5.16 Å². The van der Waals surface area contributed by atoms with Crippen LogP contribution in [0.25, 0.3) is 0 Å². The van der Waals surface area contributed by atoms with Gasteiger partial charge in [-0.2, -0.15) is 0 Å². The first-order chi connectivity index (χ1) is 3.93. The molecule has 4 heteroatoms. The van der Waals surface area contributed by atoms with Gasteiger partial charge < -0.3 is 10.3 Å². The zero-order chi connectivity index (χ0) is 5.82. The van der Waals surface area contributed by atoms with Gasteiger partial charge in [-0.05, 0) is 6.54 Å². The molecule has 9 heavy (non-hydrogen) atoms. The summed E-state index contributed by atoms with van der Waals surface area (Å²) in [5, 5.41) is 3.65. The lowest BCUT2D eigenvalue weighted by Gasteiger charge is -1.83. The van der Waals surface area contributed by atoms with Crippen molar-refractivity contribution < 1.29 is 4.52 Å². The van der Waals surface area contributed by atoms with Crippen LogP contribution >= 0.6 is 12.4 Å². The van der Waals surface area contributed by atoms with E-state index in [9.17, 15) is 0 Å². The molecule has 0 radical (unpaired) electrons. The molecule has 0 bridgehead atoms. The SMILES string of the molecule is Cl.NCCc1ccon1. The van der Waals surface area contributed by atoms with E-state index < -0.39 is 0 Å². The summed E-state index contributed by atoms with van der Waals surface area (Å²) in [6, 6.07) is 1.81. The van der Waals surface area contributed by atoms with Crippen LogP contribution in [0.1, 0.15) is 5.69 Å². The van der Waals surface area contributed by atoms with Crippen molar-refractivity contribution in [3.63, 3.8) is 0 Å². The van der Waals surface area contributed by atoms with Crippen molar-refractivity contribution >= 4 is 12.4 Å². The quantitative estimate of drug-likeness (QED) is 0.668. The number of hydrogen-bond acceptors (Lipinski definition) is 3. The fourth-order valence-corrected chi connectivity index (χ4v) is 0.514. The summed E-state index contributed by atoms with van der Waals surface area (Å²) in [6.07, 6.45) is 2.35. The van der Waals surface area contributed by atoms with E-state index in [0.29, 0.717) is 6.54 Å². The van der Waals surface area contributed by atoms with E-state index in [1.165, 1.54) is 0 Å². The van der Waals surface area contributed by atoms with Crippen molar-refractivity contribution in [3.8, 4) is 0 Å². The van der Waals surface area contributed by atoms with E-state index in [2.05, 4.69) is 9.68 Å². The third-order valence-corrected chi connectivity index (χ3v) is 0.892.